The third-order valence-electron chi connectivity index (χ3n) is 3.67. The van der Waals surface area contributed by atoms with Crippen LogP contribution in [0, 0.1) is 6.92 Å². The van der Waals surface area contributed by atoms with Gasteiger partial charge in [-0.25, -0.2) is 0 Å². The Labute approximate surface area is 135 Å². The Morgan fingerprint density at radius 2 is 1.87 bits per heavy atom. The average Bonchev–Trinajstić information content (AvgIpc) is 2.59. The minimum Gasteiger partial charge on any atom is -0.496 e. The molecule has 4 heteroatoms. The van der Waals surface area contributed by atoms with Gasteiger partial charge in [0.15, 0.2) is 17.3 Å². The van der Waals surface area contributed by atoms with Crippen molar-refractivity contribution in [2.75, 3.05) is 20.3 Å². The van der Waals surface area contributed by atoms with E-state index in [1.165, 1.54) is 0 Å². The number of hydrogen-bond acceptors (Lipinski definition) is 4. The number of allylic oxidation sites excluding steroid dienone is 1. The molecule has 0 fully saturated rings. The van der Waals surface area contributed by atoms with E-state index in [4.69, 9.17) is 14.2 Å². The fourth-order valence-electron chi connectivity index (χ4n) is 2.46. The van der Waals surface area contributed by atoms with Crippen molar-refractivity contribution in [3.63, 3.8) is 0 Å². The van der Waals surface area contributed by atoms with Crippen LogP contribution in [0.25, 0.3) is 6.08 Å². The molecule has 0 aromatic heterocycles. The maximum atomic E-state index is 12.3. The molecule has 0 saturated carbocycles. The van der Waals surface area contributed by atoms with Gasteiger partial charge in [0.1, 0.15) is 19.0 Å². The maximum absolute atomic E-state index is 12.3. The minimum absolute atomic E-state index is 0.0503. The van der Waals surface area contributed by atoms with E-state index in [0.717, 1.165) is 22.6 Å². The Bertz CT molecular complexity index is 762. The van der Waals surface area contributed by atoms with Crippen molar-refractivity contribution in [2.45, 2.75) is 6.92 Å². The van der Waals surface area contributed by atoms with Crippen LogP contribution in [0.4, 0.5) is 0 Å². The van der Waals surface area contributed by atoms with E-state index in [2.05, 4.69) is 0 Å². The molecular weight excluding hydrogens is 292 g/mol. The predicted molar refractivity (Wildman–Crippen MR) is 88.5 cm³/mol. The molecule has 0 radical (unpaired) electrons. The molecule has 2 aromatic carbocycles. The largest absolute Gasteiger partial charge is 0.496 e. The Morgan fingerprint density at radius 3 is 2.61 bits per heavy atom. The number of ether oxygens (including phenoxy) is 3. The fraction of sp³-hybridized carbons (Fsp3) is 0.211. The summed E-state index contributed by atoms with van der Waals surface area (Å²) in [7, 11) is 1.62. The topological polar surface area (TPSA) is 44.8 Å². The van der Waals surface area contributed by atoms with Crippen molar-refractivity contribution >= 4 is 11.9 Å². The zero-order chi connectivity index (χ0) is 16.2. The Hall–Kier alpha value is -2.75. The molecule has 0 spiro atoms. The van der Waals surface area contributed by atoms with Gasteiger partial charge < -0.3 is 14.2 Å². The first-order chi connectivity index (χ1) is 11.2. The highest BCUT2D eigenvalue weighted by atomic mass is 16.6. The summed E-state index contributed by atoms with van der Waals surface area (Å²) in [5, 5.41) is 0. The summed E-state index contributed by atoms with van der Waals surface area (Å²) in [5.74, 6) is 2.18. The predicted octanol–water partition coefficient (Wildman–Crippen LogP) is 3.67. The monoisotopic (exact) mass is 310 g/mol. The number of rotatable bonds is 4. The summed E-state index contributed by atoms with van der Waals surface area (Å²) >= 11 is 0. The number of hydrogen-bond donors (Lipinski definition) is 0. The van der Waals surface area contributed by atoms with Crippen molar-refractivity contribution in [1.82, 2.24) is 0 Å². The summed E-state index contributed by atoms with van der Waals surface area (Å²) < 4.78 is 16.2. The first kappa shape index (κ1) is 15.2. The first-order valence-electron chi connectivity index (χ1n) is 7.44. The number of fused-ring (bicyclic) bond motifs is 1. The third kappa shape index (κ3) is 3.37. The van der Waals surface area contributed by atoms with Gasteiger partial charge in [-0.15, -0.1) is 0 Å². The summed E-state index contributed by atoms with van der Waals surface area (Å²) in [6.45, 7) is 3.03. The lowest BCUT2D eigenvalue weighted by Gasteiger charge is -2.18. The summed E-state index contributed by atoms with van der Waals surface area (Å²) in [4.78, 5) is 12.3. The first-order valence-corrected chi connectivity index (χ1v) is 7.44. The second-order valence-electron chi connectivity index (χ2n) is 5.29. The molecule has 1 aliphatic rings. The highest BCUT2D eigenvalue weighted by Gasteiger charge is 2.11. The average molecular weight is 310 g/mol. The van der Waals surface area contributed by atoms with Gasteiger partial charge in [0.25, 0.3) is 0 Å². The highest BCUT2D eigenvalue weighted by molar-refractivity contribution is 6.07. The molecular formula is C19H18O4. The molecule has 1 heterocycles. The molecule has 4 nitrogen and oxygen atoms in total. The molecule has 1 aliphatic heterocycles. The van der Waals surface area contributed by atoms with Gasteiger partial charge in [0.2, 0.25) is 0 Å². The van der Waals surface area contributed by atoms with Crippen LogP contribution in [-0.4, -0.2) is 26.1 Å². The van der Waals surface area contributed by atoms with Gasteiger partial charge in [-0.2, -0.15) is 0 Å². The Kier molecular flexibility index (Phi) is 4.33. The van der Waals surface area contributed by atoms with Gasteiger partial charge in [0, 0.05) is 5.56 Å². The van der Waals surface area contributed by atoms with Crippen LogP contribution in [0.3, 0.4) is 0 Å². The van der Waals surface area contributed by atoms with Crippen molar-refractivity contribution < 1.29 is 19.0 Å². The molecule has 0 atom stereocenters. The number of carbonyl (C=O) groups excluding carboxylic acids is 1. The second kappa shape index (κ2) is 6.57. The number of ketones is 1. The molecule has 0 bridgehead atoms. The maximum Gasteiger partial charge on any atom is 0.185 e. The van der Waals surface area contributed by atoms with E-state index >= 15 is 0 Å². The van der Waals surface area contributed by atoms with E-state index in [-0.39, 0.29) is 5.78 Å². The molecule has 0 amide bonds. The molecule has 0 aliphatic carbocycles. The minimum atomic E-state index is -0.0503. The van der Waals surface area contributed by atoms with Crippen LogP contribution in [0.5, 0.6) is 17.2 Å². The van der Waals surface area contributed by atoms with Gasteiger partial charge in [-0.05, 0) is 54.5 Å². The standard InChI is InChI=1S/C19H18O4/c1-13-11-15(5-8-17(13)21-2)16(20)6-3-14-4-7-18-19(12-14)23-10-9-22-18/h3-8,11-12H,9-10H2,1-2H3/b6-3+. The SMILES string of the molecule is COc1ccc(C(=O)/C=C/c2ccc3c(c2)OCCO3)cc1C. The normalized spacial score (nSPS) is 13.1. The van der Waals surface area contributed by atoms with E-state index < -0.39 is 0 Å². The third-order valence-corrected chi connectivity index (χ3v) is 3.67. The van der Waals surface area contributed by atoms with Crippen LogP contribution in [0.2, 0.25) is 0 Å². The summed E-state index contributed by atoms with van der Waals surface area (Å²) in [5.41, 5.74) is 2.47. The highest BCUT2D eigenvalue weighted by Crippen LogP contribution is 2.31. The zero-order valence-corrected chi connectivity index (χ0v) is 13.2. The second-order valence-corrected chi connectivity index (χ2v) is 5.29. The van der Waals surface area contributed by atoms with Crippen LogP contribution < -0.4 is 14.2 Å². The summed E-state index contributed by atoms with van der Waals surface area (Å²) in [6, 6.07) is 11.0. The lowest BCUT2D eigenvalue weighted by atomic mass is 10.1. The lowest BCUT2D eigenvalue weighted by Crippen LogP contribution is -2.15. The van der Waals surface area contributed by atoms with E-state index in [9.17, 15) is 4.79 Å². The van der Waals surface area contributed by atoms with Crippen LogP contribution in [0.1, 0.15) is 21.5 Å². The molecule has 0 N–H and O–H groups in total. The Balaban J connectivity index is 1.77. The van der Waals surface area contributed by atoms with Crippen molar-refractivity contribution in [1.29, 1.82) is 0 Å². The number of carbonyl (C=O) groups is 1. The van der Waals surface area contributed by atoms with Gasteiger partial charge in [-0.1, -0.05) is 12.1 Å². The number of benzene rings is 2. The number of methoxy groups -OCH3 is 1. The van der Waals surface area contributed by atoms with Gasteiger partial charge >= 0.3 is 0 Å². The van der Waals surface area contributed by atoms with E-state index in [0.29, 0.717) is 24.5 Å². The smallest absolute Gasteiger partial charge is 0.185 e. The molecule has 0 saturated heterocycles. The van der Waals surface area contributed by atoms with Crippen molar-refractivity contribution in [2.24, 2.45) is 0 Å². The quantitative estimate of drug-likeness (QED) is 0.638. The molecule has 23 heavy (non-hydrogen) atoms. The van der Waals surface area contributed by atoms with E-state index in [1.54, 1.807) is 31.4 Å². The van der Waals surface area contributed by atoms with E-state index in [1.807, 2.05) is 31.2 Å². The molecule has 2 aromatic rings. The fourth-order valence-corrected chi connectivity index (χ4v) is 2.46. The van der Waals surface area contributed by atoms with Crippen molar-refractivity contribution in [3.8, 4) is 17.2 Å². The lowest BCUT2D eigenvalue weighted by molar-refractivity contribution is 0.104. The molecule has 3 rings (SSSR count). The summed E-state index contributed by atoms with van der Waals surface area (Å²) in [6.07, 6.45) is 3.34. The van der Waals surface area contributed by atoms with Crippen LogP contribution >= 0.6 is 0 Å². The zero-order valence-electron chi connectivity index (χ0n) is 13.2. The Morgan fingerprint density at radius 1 is 1.09 bits per heavy atom. The molecule has 0 unspecified atom stereocenters. The number of aryl methyl sites for hydroxylation is 1. The van der Waals surface area contributed by atoms with Crippen LogP contribution in [0.15, 0.2) is 42.5 Å². The van der Waals surface area contributed by atoms with Crippen LogP contribution in [-0.2, 0) is 0 Å². The van der Waals surface area contributed by atoms with Gasteiger partial charge in [0.05, 0.1) is 7.11 Å². The van der Waals surface area contributed by atoms with Crippen molar-refractivity contribution in [3.05, 3.63) is 59.2 Å². The van der Waals surface area contributed by atoms with Gasteiger partial charge in [-0.3, -0.25) is 4.79 Å². The molecule has 118 valence electrons.